The molecule has 0 atom stereocenters. The Labute approximate surface area is 83.1 Å². The summed E-state index contributed by atoms with van der Waals surface area (Å²) in [7, 11) is 0. The van der Waals surface area contributed by atoms with E-state index in [1.165, 1.54) is 6.42 Å². The van der Waals surface area contributed by atoms with Crippen LogP contribution in [0.4, 0.5) is 0 Å². The van der Waals surface area contributed by atoms with Gasteiger partial charge >= 0.3 is 0 Å². The maximum Gasteiger partial charge on any atom is 0.214 e. The van der Waals surface area contributed by atoms with Crippen LogP contribution in [0.1, 0.15) is 36.5 Å². The molecule has 74 valence electrons. The van der Waals surface area contributed by atoms with Crippen molar-refractivity contribution in [2.24, 2.45) is 0 Å². The predicted octanol–water partition coefficient (Wildman–Crippen LogP) is 2.22. The Hall–Kier alpha value is -1.38. The predicted molar refractivity (Wildman–Crippen MR) is 52.5 cm³/mol. The highest BCUT2D eigenvalue weighted by molar-refractivity contribution is 5.94. The minimum absolute atomic E-state index is 0.0471. The molecule has 1 saturated carbocycles. The maximum atomic E-state index is 11.1. The first-order valence-electron chi connectivity index (χ1n) is 4.89. The normalized spacial score (nSPS) is 16.1. The monoisotopic (exact) mass is 191 g/mol. The molecule has 0 bridgehead atoms. The molecule has 0 aromatic carbocycles. The number of nitrogens with zero attached hydrogens (tertiary/aromatic N) is 1. The van der Waals surface area contributed by atoms with E-state index in [0.717, 1.165) is 12.8 Å². The molecule has 1 aliphatic rings. The van der Waals surface area contributed by atoms with Gasteiger partial charge in [-0.1, -0.05) is 0 Å². The number of carbonyl (C=O) groups is 1. The van der Waals surface area contributed by atoms with Crippen molar-refractivity contribution in [1.82, 2.24) is 4.98 Å². The number of hydrogen-bond donors (Lipinski definition) is 0. The number of hydrogen-bond acceptors (Lipinski definition) is 3. The largest absolute Gasteiger partial charge is 0.474 e. The summed E-state index contributed by atoms with van der Waals surface area (Å²) in [6.07, 6.45) is 5.37. The van der Waals surface area contributed by atoms with Gasteiger partial charge in [-0.15, -0.1) is 0 Å². The third-order valence-electron chi connectivity index (χ3n) is 2.48. The van der Waals surface area contributed by atoms with Gasteiger partial charge < -0.3 is 4.74 Å². The summed E-state index contributed by atoms with van der Waals surface area (Å²) in [5.41, 5.74) is 0.661. The molecule has 0 amide bonds. The summed E-state index contributed by atoms with van der Waals surface area (Å²) in [5.74, 6) is 0.619. The van der Waals surface area contributed by atoms with Gasteiger partial charge in [0.05, 0.1) is 0 Å². The van der Waals surface area contributed by atoms with Gasteiger partial charge in [0.25, 0.3) is 0 Å². The zero-order valence-corrected chi connectivity index (χ0v) is 8.19. The summed E-state index contributed by atoms with van der Waals surface area (Å²) >= 11 is 0. The van der Waals surface area contributed by atoms with Gasteiger partial charge in [0, 0.05) is 17.8 Å². The maximum absolute atomic E-state index is 11.1. The molecule has 1 aromatic heterocycles. The summed E-state index contributed by atoms with van der Waals surface area (Å²) in [6.45, 7) is 1.54. The molecule has 0 N–H and O–H groups in total. The molecule has 0 radical (unpaired) electrons. The highest BCUT2D eigenvalue weighted by Gasteiger charge is 2.19. The van der Waals surface area contributed by atoms with E-state index in [2.05, 4.69) is 4.98 Å². The number of carbonyl (C=O) groups excluding carboxylic acids is 1. The molecule has 2 rings (SSSR count). The van der Waals surface area contributed by atoms with Crippen molar-refractivity contribution < 1.29 is 9.53 Å². The molecule has 14 heavy (non-hydrogen) atoms. The van der Waals surface area contributed by atoms with E-state index < -0.39 is 0 Å². The lowest BCUT2D eigenvalue weighted by Gasteiger charge is -2.25. The van der Waals surface area contributed by atoms with E-state index >= 15 is 0 Å². The average molecular weight is 191 g/mol. The van der Waals surface area contributed by atoms with Crippen LogP contribution in [0.5, 0.6) is 5.88 Å². The second-order valence-corrected chi connectivity index (χ2v) is 3.61. The second kappa shape index (κ2) is 3.78. The van der Waals surface area contributed by atoms with Crippen LogP contribution in [-0.2, 0) is 0 Å². The highest BCUT2D eigenvalue weighted by atomic mass is 16.5. The fourth-order valence-electron chi connectivity index (χ4n) is 1.35. The van der Waals surface area contributed by atoms with Crippen molar-refractivity contribution in [2.45, 2.75) is 32.3 Å². The van der Waals surface area contributed by atoms with Gasteiger partial charge in [0.1, 0.15) is 6.10 Å². The Morgan fingerprint density at radius 2 is 2.36 bits per heavy atom. The molecule has 0 unspecified atom stereocenters. The van der Waals surface area contributed by atoms with Crippen molar-refractivity contribution in [2.75, 3.05) is 0 Å². The zero-order chi connectivity index (χ0) is 9.97. The standard InChI is InChI=1S/C11H13NO2/c1-8(13)9-5-6-12-11(7-9)14-10-3-2-4-10/h5-7,10H,2-4H2,1H3. The van der Waals surface area contributed by atoms with Crippen LogP contribution < -0.4 is 4.74 Å². The number of aromatic nitrogens is 1. The van der Waals surface area contributed by atoms with Gasteiger partial charge in [0.2, 0.25) is 5.88 Å². The first kappa shape index (κ1) is 9.19. The van der Waals surface area contributed by atoms with E-state index in [-0.39, 0.29) is 5.78 Å². The van der Waals surface area contributed by atoms with Crippen LogP contribution in [0.3, 0.4) is 0 Å². The fourth-order valence-corrected chi connectivity index (χ4v) is 1.35. The summed E-state index contributed by atoms with van der Waals surface area (Å²) in [6, 6.07) is 3.41. The van der Waals surface area contributed by atoms with E-state index in [1.807, 2.05) is 0 Å². The number of pyridine rings is 1. The third kappa shape index (κ3) is 1.92. The average Bonchev–Trinajstić information content (AvgIpc) is 2.12. The number of ketones is 1. The van der Waals surface area contributed by atoms with Gasteiger partial charge in [0.15, 0.2) is 5.78 Å². The zero-order valence-electron chi connectivity index (χ0n) is 8.19. The minimum atomic E-state index is 0.0471. The van der Waals surface area contributed by atoms with E-state index in [0.29, 0.717) is 17.5 Å². The first-order valence-corrected chi connectivity index (χ1v) is 4.89. The van der Waals surface area contributed by atoms with Crippen LogP contribution in [-0.4, -0.2) is 16.9 Å². The molecule has 0 aliphatic heterocycles. The Bertz CT molecular complexity index is 345. The molecule has 1 fully saturated rings. The molecule has 0 saturated heterocycles. The van der Waals surface area contributed by atoms with E-state index in [4.69, 9.17) is 4.74 Å². The van der Waals surface area contributed by atoms with Crippen LogP contribution in [0.15, 0.2) is 18.3 Å². The lowest BCUT2D eigenvalue weighted by atomic mass is 9.96. The molecule has 0 spiro atoms. The van der Waals surface area contributed by atoms with Crippen LogP contribution in [0.2, 0.25) is 0 Å². The van der Waals surface area contributed by atoms with Gasteiger partial charge in [-0.25, -0.2) is 4.98 Å². The Kier molecular flexibility index (Phi) is 2.48. The fraction of sp³-hybridized carbons (Fsp3) is 0.455. The van der Waals surface area contributed by atoms with Crippen molar-refractivity contribution in [3.63, 3.8) is 0 Å². The Morgan fingerprint density at radius 1 is 1.57 bits per heavy atom. The molecule has 1 aromatic rings. The topological polar surface area (TPSA) is 39.2 Å². The molecular formula is C11H13NO2. The van der Waals surface area contributed by atoms with E-state index in [1.54, 1.807) is 25.3 Å². The molecule has 1 heterocycles. The summed E-state index contributed by atoms with van der Waals surface area (Å²) in [5, 5.41) is 0. The molecule has 1 aliphatic carbocycles. The van der Waals surface area contributed by atoms with Gasteiger partial charge in [-0.05, 0) is 32.3 Å². The number of ether oxygens (including phenoxy) is 1. The lowest BCUT2D eigenvalue weighted by molar-refractivity contribution is 0.101. The summed E-state index contributed by atoms with van der Waals surface area (Å²) < 4.78 is 5.58. The molecule has 3 nitrogen and oxygen atoms in total. The molecular weight excluding hydrogens is 178 g/mol. The number of Topliss-reactive ketones (excluding diaryl/α,β-unsaturated/α-hetero) is 1. The third-order valence-corrected chi connectivity index (χ3v) is 2.48. The minimum Gasteiger partial charge on any atom is -0.474 e. The Morgan fingerprint density at radius 3 is 2.93 bits per heavy atom. The lowest BCUT2D eigenvalue weighted by Crippen LogP contribution is -2.25. The van der Waals surface area contributed by atoms with Crippen molar-refractivity contribution in [3.05, 3.63) is 23.9 Å². The molecule has 3 heteroatoms. The Balaban J connectivity index is 2.09. The second-order valence-electron chi connectivity index (χ2n) is 3.61. The van der Waals surface area contributed by atoms with Crippen LogP contribution in [0, 0.1) is 0 Å². The van der Waals surface area contributed by atoms with Crippen LogP contribution >= 0.6 is 0 Å². The smallest absolute Gasteiger partial charge is 0.214 e. The number of rotatable bonds is 3. The van der Waals surface area contributed by atoms with Crippen molar-refractivity contribution >= 4 is 5.78 Å². The quantitative estimate of drug-likeness (QED) is 0.687. The summed E-state index contributed by atoms with van der Waals surface area (Å²) in [4.78, 5) is 15.2. The van der Waals surface area contributed by atoms with Gasteiger partial charge in [-0.3, -0.25) is 4.79 Å². The van der Waals surface area contributed by atoms with E-state index in [9.17, 15) is 4.79 Å². The van der Waals surface area contributed by atoms with Crippen molar-refractivity contribution in [1.29, 1.82) is 0 Å². The first-order chi connectivity index (χ1) is 6.75. The SMILES string of the molecule is CC(=O)c1ccnc(OC2CCC2)c1. The van der Waals surface area contributed by atoms with Gasteiger partial charge in [-0.2, -0.15) is 0 Å². The van der Waals surface area contributed by atoms with Crippen LogP contribution in [0.25, 0.3) is 0 Å². The highest BCUT2D eigenvalue weighted by Crippen LogP contribution is 2.24. The van der Waals surface area contributed by atoms with Crippen molar-refractivity contribution in [3.8, 4) is 5.88 Å².